The summed E-state index contributed by atoms with van der Waals surface area (Å²) in [5.41, 5.74) is 0.627. The van der Waals surface area contributed by atoms with Crippen molar-refractivity contribution in [2.45, 2.75) is 20.0 Å². The van der Waals surface area contributed by atoms with Gasteiger partial charge in [-0.3, -0.25) is 4.79 Å². The first-order chi connectivity index (χ1) is 17.0. The molecule has 0 bridgehead atoms. The van der Waals surface area contributed by atoms with Crippen molar-refractivity contribution in [2.24, 2.45) is 0 Å². The Labute approximate surface area is 204 Å². The molecule has 0 aliphatic heterocycles. The highest BCUT2D eigenvalue weighted by atomic mass is 35.5. The van der Waals surface area contributed by atoms with Crippen molar-refractivity contribution in [3.63, 3.8) is 0 Å². The molecule has 0 saturated carbocycles. The number of rotatable bonds is 5. The van der Waals surface area contributed by atoms with Gasteiger partial charge in [0.1, 0.15) is 17.1 Å². The summed E-state index contributed by atoms with van der Waals surface area (Å²) in [7, 11) is 0. The molecule has 4 aromatic rings. The van der Waals surface area contributed by atoms with Crippen molar-refractivity contribution >= 4 is 28.5 Å². The number of hydrogen-bond acceptors (Lipinski definition) is 5. The number of carbonyl (C=O) groups excluding carboxylic acids is 1. The van der Waals surface area contributed by atoms with Crippen LogP contribution in [0.25, 0.3) is 22.1 Å². The van der Waals surface area contributed by atoms with Gasteiger partial charge in [-0.25, -0.2) is 18.0 Å². The molecule has 0 saturated heterocycles. The lowest BCUT2D eigenvalue weighted by Gasteiger charge is -2.16. The van der Waals surface area contributed by atoms with Crippen LogP contribution in [0.2, 0.25) is 5.02 Å². The van der Waals surface area contributed by atoms with Crippen molar-refractivity contribution in [2.75, 3.05) is 0 Å². The van der Waals surface area contributed by atoms with E-state index >= 15 is 0 Å². The van der Waals surface area contributed by atoms with E-state index in [1.807, 2.05) is 0 Å². The first-order valence-electron chi connectivity index (χ1n) is 10.2. The van der Waals surface area contributed by atoms with Gasteiger partial charge in [0.05, 0.1) is 10.9 Å². The molecule has 0 spiro atoms. The molecule has 1 aromatic heterocycles. The molecule has 1 heterocycles. The van der Waals surface area contributed by atoms with Gasteiger partial charge in [-0.1, -0.05) is 23.7 Å². The molecule has 36 heavy (non-hydrogen) atoms. The van der Waals surface area contributed by atoms with Crippen molar-refractivity contribution < 1.29 is 40.6 Å². The fourth-order valence-electron chi connectivity index (χ4n) is 3.41. The summed E-state index contributed by atoms with van der Waals surface area (Å²) in [4.78, 5) is 25.4. The summed E-state index contributed by atoms with van der Waals surface area (Å²) >= 11 is 5.90. The minimum atomic E-state index is -2.36. The maximum atomic E-state index is 13.8. The molecule has 5 nitrogen and oxygen atoms in total. The number of halogens is 6. The average molecular weight is 525 g/mol. The van der Waals surface area contributed by atoms with Crippen LogP contribution in [0.3, 0.4) is 0 Å². The lowest BCUT2D eigenvalue weighted by atomic mass is 10.0. The molecule has 3 aromatic carbocycles. The monoisotopic (exact) mass is 524 g/mol. The summed E-state index contributed by atoms with van der Waals surface area (Å²) in [5, 5.41) is 0.669. The molecule has 4 rings (SSSR count). The quantitative estimate of drug-likeness (QED) is 0.0981. The van der Waals surface area contributed by atoms with E-state index in [4.69, 9.17) is 20.8 Å². The van der Waals surface area contributed by atoms with Crippen LogP contribution in [-0.2, 0) is 4.79 Å². The van der Waals surface area contributed by atoms with Gasteiger partial charge in [-0.15, -0.1) is 0 Å². The Morgan fingerprint density at radius 1 is 0.917 bits per heavy atom. The van der Waals surface area contributed by atoms with Gasteiger partial charge in [-0.05, 0) is 43.7 Å². The van der Waals surface area contributed by atoms with E-state index in [1.54, 1.807) is 31.2 Å². The zero-order chi connectivity index (χ0) is 26.3. The van der Waals surface area contributed by atoms with E-state index in [9.17, 15) is 31.5 Å². The van der Waals surface area contributed by atoms with Crippen LogP contribution in [-0.4, -0.2) is 12.1 Å². The molecule has 0 aliphatic rings. The minimum absolute atomic E-state index is 0.0776. The van der Waals surface area contributed by atoms with Gasteiger partial charge in [0.15, 0.2) is 11.9 Å². The molecule has 0 aliphatic carbocycles. The smallest absolute Gasteiger partial charge is 0.352 e. The second-order valence-electron chi connectivity index (χ2n) is 7.61. The van der Waals surface area contributed by atoms with Crippen molar-refractivity contribution in [1.29, 1.82) is 0 Å². The van der Waals surface area contributed by atoms with Gasteiger partial charge in [-0.2, -0.15) is 8.78 Å². The van der Waals surface area contributed by atoms with Crippen molar-refractivity contribution in [1.82, 2.24) is 0 Å². The predicted octanol–water partition coefficient (Wildman–Crippen LogP) is 6.49. The lowest BCUT2D eigenvalue weighted by molar-refractivity contribution is -0.141. The third-order valence-corrected chi connectivity index (χ3v) is 5.44. The molecular formula is C25H14ClF5O5. The Hall–Kier alpha value is -3.92. The molecule has 0 N–H and O–H groups in total. The summed E-state index contributed by atoms with van der Waals surface area (Å²) < 4.78 is 83.1. The lowest BCUT2D eigenvalue weighted by Crippen LogP contribution is -2.29. The summed E-state index contributed by atoms with van der Waals surface area (Å²) in [5.74, 6) is -13.9. The number of esters is 1. The van der Waals surface area contributed by atoms with E-state index < -0.39 is 46.9 Å². The van der Waals surface area contributed by atoms with Crippen LogP contribution in [0.1, 0.15) is 12.7 Å². The van der Waals surface area contributed by atoms with Gasteiger partial charge in [0, 0.05) is 11.1 Å². The van der Waals surface area contributed by atoms with Crippen molar-refractivity contribution in [3.8, 4) is 22.6 Å². The zero-order valence-corrected chi connectivity index (χ0v) is 19.2. The third-order valence-electron chi connectivity index (χ3n) is 5.19. The average Bonchev–Trinajstić information content (AvgIpc) is 2.85. The number of aryl methyl sites for hydroxylation is 1. The van der Waals surface area contributed by atoms with Crippen molar-refractivity contribution in [3.05, 3.63) is 92.6 Å². The second kappa shape index (κ2) is 9.62. The Kier molecular flexibility index (Phi) is 6.73. The number of hydrogen-bond donors (Lipinski definition) is 0. The normalized spacial score (nSPS) is 12.0. The standard InChI is InChI=1S/C25H14ClF5O5/c1-10-17(12-3-5-13(26)6-4-12)23(32)15-8-7-14(9-16(15)34-10)36-25(33)11(2)35-24-21(30)19(28)18(27)20(29)22(24)31/h3-9,11H,1-2H3. The fraction of sp³-hybridized carbons (Fsp3) is 0.120. The summed E-state index contributed by atoms with van der Waals surface area (Å²) in [6.45, 7) is 2.56. The SMILES string of the molecule is Cc1oc2cc(OC(=O)C(C)Oc3c(F)c(F)c(F)c(F)c3F)ccc2c(=O)c1-c1ccc(Cl)cc1. The zero-order valence-electron chi connectivity index (χ0n) is 18.4. The highest BCUT2D eigenvalue weighted by Crippen LogP contribution is 2.31. The van der Waals surface area contributed by atoms with Gasteiger partial charge >= 0.3 is 5.97 Å². The minimum Gasteiger partial charge on any atom is -0.473 e. The molecule has 0 fully saturated rings. The maximum Gasteiger partial charge on any atom is 0.352 e. The molecule has 186 valence electrons. The first-order valence-corrected chi connectivity index (χ1v) is 10.6. The summed E-state index contributed by atoms with van der Waals surface area (Å²) in [6, 6.07) is 10.4. The highest BCUT2D eigenvalue weighted by molar-refractivity contribution is 6.30. The van der Waals surface area contributed by atoms with E-state index in [0.29, 0.717) is 16.1 Å². The topological polar surface area (TPSA) is 65.7 Å². The van der Waals surface area contributed by atoms with Crippen LogP contribution in [0, 0.1) is 36.0 Å². The highest BCUT2D eigenvalue weighted by Gasteiger charge is 2.30. The van der Waals surface area contributed by atoms with E-state index in [-0.39, 0.29) is 27.9 Å². The molecule has 11 heteroatoms. The molecule has 1 unspecified atom stereocenters. The van der Waals surface area contributed by atoms with Crippen LogP contribution in [0.15, 0.2) is 51.7 Å². The third kappa shape index (κ3) is 4.51. The predicted molar refractivity (Wildman–Crippen MR) is 120 cm³/mol. The van der Waals surface area contributed by atoms with Crippen LogP contribution < -0.4 is 14.9 Å². The van der Waals surface area contributed by atoms with Gasteiger partial charge < -0.3 is 13.9 Å². The van der Waals surface area contributed by atoms with Crippen LogP contribution in [0.5, 0.6) is 11.5 Å². The fourth-order valence-corrected chi connectivity index (χ4v) is 3.54. The largest absolute Gasteiger partial charge is 0.473 e. The van der Waals surface area contributed by atoms with Crippen LogP contribution in [0.4, 0.5) is 22.0 Å². The van der Waals surface area contributed by atoms with Gasteiger partial charge in [0.25, 0.3) is 0 Å². The van der Waals surface area contributed by atoms with E-state index in [0.717, 1.165) is 6.92 Å². The molecule has 1 atom stereocenters. The molecule has 0 radical (unpaired) electrons. The Morgan fingerprint density at radius 2 is 1.50 bits per heavy atom. The number of ether oxygens (including phenoxy) is 2. The first kappa shape index (κ1) is 25.2. The molecule has 0 amide bonds. The Morgan fingerprint density at radius 3 is 2.11 bits per heavy atom. The Bertz CT molecular complexity index is 1540. The summed E-state index contributed by atoms with van der Waals surface area (Å²) in [6.07, 6.45) is -1.77. The number of fused-ring (bicyclic) bond motifs is 1. The Balaban J connectivity index is 1.60. The van der Waals surface area contributed by atoms with Gasteiger partial charge in [0.2, 0.25) is 34.5 Å². The number of carbonyl (C=O) groups is 1. The maximum absolute atomic E-state index is 13.8. The van der Waals surface area contributed by atoms with Crippen LogP contribution >= 0.6 is 11.6 Å². The second-order valence-corrected chi connectivity index (χ2v) is 8.04. The van der Waals surface area contributed by atoms with E-state index in [2.05, 4.69) is 4.74 Å². The van der Waals surface area contributed by atoms with E-state index in [1.165, 1.54) is 18.2 Å². The molecular weight excluding hydrogens is 511 g/mol. The number of benzene rings is 3.